The second-order valence-electron chi connectivity index (χ2n) is 3.86. The van der Waals surface area contributed by atoms with Crippen LogP contribution in [0.25, 0.3) is 0 Å². The molecule has 0 saturated heterocycles. The summed E-state index contributed by atoms with van der Waals surface area (Å²) < 4.78 is 0. The molecule has 0 spiro atoms. The molecule has 0 bridgehead atoms. The third-order valence-corrected chi connectivity index (χ3v) is 3.98. The van der Waals surface area contributed by atoms with Gasteiger partial charge in [-0.05, 0) is 12.1 Å². The molecule has 0 aliphatic heterocycles. The Balaban J connectivity index is 2.50. The average Bonchev–Trinajstić information content (AvgIpc) is 2.30. The minimum atomic E-state index is -0.880. The SMILES string of the molecule is CC(CC(=O)O)SCC(=O)Nc1c(Cl)cccc1Cl. The Morgan fingerprint density at radius 2 is 1.95 bits per heavy atom. The highest BCUT2D eigenvalue weighted by molar-refractivity contribution is 8.00. The molecule has 0 radical (unpaired) electrons. The largest absolute Gasteiger partial charge is 0.481 e. The molecule has 0 heterocycles. The number of anilines is 1. The number of carbonyl (C=O) groups excluding carboxylic acids is 1. The lowest BCUT2D eigenvalue weighted by Gasteiger charge is -2.11. The lowest BCUT2D eigenvalue weighted by Crippen LogP contribution is -2.17. The average molecular weight is 322 g/mol. The van der Waals surface area contributed by atoms with Crippen LogP contribution in [0.5, 0.6) is 0 Å². The smallest absolute Gasteiger partial charge is 0.304 e. The van der Waals surface area contributed by atoms with Crippen molar-refractivity contribution in [2.24, 2.45) is 0 Å². The number of rotatable bonds is 6. The van der Waals surface area contributed by atoms with Crippen LogP contribution >= 0.6 is 35.0 Å². The molecule has 0 aliphatic carbocycles. The molecule has 1 amide bonds. The predicted molar refractivity (Wildman–Crippen MR) is 79.3 cm³/mol. The summed E-state index contributed by atoms with van der Waals surface area (Å²) in [4.78, 5) is 22.2. The first-order valence-electron chi connectivity index (χ1n) is 5.47. The summed E-state index contributed by atoms with van der Waals surface area (Å²) in [6.45, 7) is 1.76. The molecule has 1 aromatic rings. The third kappa shape index (κ3) is 5.72. The van der Waals surface area contributed by atoms with Gasteiger partial charge >= 0.3 is 5.97 Å². The molecule has 0 saturated carbocycles. The van der Waals surface area contributed by atoms with Crippen molar-refractivity contribution in [2.75, 3.05) is 11.1 Å². The van der Waals surface area contributed by atoms with Gasteiger partial charge in [-0.15, -0.1) is 11.8 Å². The Hall–Kier alpha value is -0.910. The number of halogens is 2. The molecule has 1 rings (SSSR count). The van der Waals surface area contributed by atoms with Crippen molar-refractivity contribution in [3.8, 4) is 0 Å². The van der Waals surface area contributed by atoms with E-state index in [-0.39, 0.29) is 23.3 Å². The third-order valence-electron chi connectivity index (χ3n) is 2.19. The van der Waals surface area contributed by atoms with Crippen LogP contribution in [0.3, 0.4) is 0 Å². The predicted octanol–water partition coefficient (Wildman–Crippen LogP) is 3.53. The number of carboxylic acid groups (broad SMARTS) is 1. The van der Waals surface area contributed by atoms with Crippen LogP contribution in [0, 0.1) is 0 Å². The lowest BCUT2D eigenvalue weighted by atomic mass is 10.3. The fourth-order valence-electron chi connectivity index (χ4n) is 1.32. The second kappa shape index (κ2) is 7.62. The van der Waals surface area contributed by atoms with Gasteiger partial charge in [0.05, 0.1) is 27.9 Å². The molecule has 0 fully saturated rings. The lowest BCUT2D eigenvalue weighted by molar-refractivity contribution is -0.136. The van der Waals surface area contributed by atoms with E-state index in [1.54, 1.807) is 25.1 Å². The first kappa shape index (κ1) is 16.1. The first-order chi connectivity index (χ1) is 8.90. The topological polar surface area (TPSA) is 66.4 Å². The Bertz CT molecular complexity index is 462. The molecule has 7 heteroatoms. The van der Waals surface area contributed by atoms with Crippen molar-refractivity contribution < 1.29 is 14.7 Å². The maximum absolute atomic E-state index is 11.7. The zero-order valence-electron chi connectivity index (χ0n) is 10.2. The van der Waals surface area contributed by atoms with E-state index in [0.717, 1.165) is 0 Å². The summed E-state index contributed by atoms with van der Waals surface area (Å²) in [5.74, 6) is -0.998. The molecule has 19 heavy (non-hydrogen) atoms. The number of nitrogens with one attached hydrogen (secondary N) is 1. The van der Waals surface area contributed by atoms with E-state index < -0.39 is 5.97 Å². The summed E-state index contributed by atoms with van der Waals surface area (Å²) >= 11 is 13.1. The summed E-state index contributed by atoms with van der Waals surface area (Å²) in [5.41, 5.74) is 0.377. The highest BCUT2D eigenvalue weighted by atomic mass is 35.5. The monoisotopic (exact) mass is 321 g/mol. The highest BCUT2D eigenvalue weighted by Crippen LogP contribution is 2.30. The Morgan fingerprint density at radius 1 is 1.37 bits per heavy atom. The molecule has 4 nitrogen and oxygen atoms in total. The number of benzene rings is 1. The van der Waals surface area contributed by atoms with Crippen LogP contribution in [-0.2, 0) is 9.59 Å². The van der Waals surface area contributed by atoms with Crippen molar-refractivity contribution in [3.63, 3.8) is 0 Å². The van der Waals surface area contributed by atoms with E-state index in [1.165, 1.54) is 11.8 Å². The first-order valence-corrected chi connectivity index (χ1v) is 7.28. The minimum absolute atomic E-state index is 0.0186. The number of aliphatic carboxylic acids is 1. The van der Waals surface area contributed by atoms with Crippen molar-refractivity contribution in [1.29, 1.82) is 0 Å². The molecule has 0 aromatic heterocycles. The normalized spacial score (nSPS) is 11.9. The molecule has 1 unspecified atom stereocenters. The van der Waals surface area contributed by atoms with E-state index in [9.17, 15) is 9.59 Å². The quantitative estimate of drug-likeness (QED) is 0.841. The Morgan fingerprint density at radius 3 is 2.47 bits per heavy atom. The van der Waals surface area contributed by atoms with Crippen LogP contribution in [0.2, 0.25) is 10.0 Å². The fourth-order valence-corrected chi connectivity index (χ4v) is 2.58. The number of para-hydroxylation sites is 1. The second-order valence-corrected chi connectivity index (χ2v) is 6.11. The summed E-state index contributed by atoms with van der Waals surface area (Å²) in [6, 6.07) is 4.94. The van der Waals surface area contributed by atoms with Crippen molar-refractivity contribution in [1.82, 2.24) is 0 Å². The Kier molecular flexibility index (Phi) is 6.48. The number of amides is 1. The molecule has 1 atom stereocenters. The molecular weight excluding hydrogens is 309 g/mol. The molecule has 0 aliphatic rings. The molecular formula is C12H13Cl2NO3S. The van der Waals surface area contributed by atoms with Gasteiger partial charge in [0.15, 0.2) is 0 Å². The minimum Gasteiger partial charge on any atom is -0.481 e. The maximum atomic E-state index is 11.7. The van der Waals surface area contributed by atoms with Gasteiger partial charge < -0.3 is 10.4 Å². The Labute approximate surface area is 125 Å². The van der Waals surface area contributed by atoms with E-state index in [0.29, 0.717) is 15.7 Å². The van der Waals surface area contributed by atoms with Crippen LogP contribution in [0.15, 0.2) is 18.2 Å². The fraction of sp³-hybridized carbons (Fsp3) is 0.333. The van der Waals surface area contributed by atoms with E-state index in [1.807, 2.05) is 0 Å². The van der Waals surface area contributed by atoms with Gasteiger partial charge in [0, 0.05) is 5.25 Å². The maximum Gasteiger partial charge on any atom is 0.304 e. The number of carbonyl (C=O) groups is 2. The number of hydrogen-bond acceptors (Lipinski definition) is 3. The standard InChI is InChI=1S/C12H13Cl2NO3S/c1-7(5-11(17)18)19-6-10(16)15-12-8(13)3-2-4-9(12)14/h2-4,7H,5-6H2,1H3,(H,15,16)(H,17,18). The van der Waals surface area contributed by atoms with Crippen molar-refractivity contribution in [2.45, 2.75) is 18.6 Å². The summed E-state index contributed by atoms with van der Waals surface area (Å²) in [7, 11) is 0. The summed E-state index contributed by atoms with van der Waals surface area (Å²) in [6.07, 6.45) is 0.0186. The van der Waals surface area contributed by atoms with Gasteiger partial charge in [-0.25, -0.2) is 0 Å². The van der Waals surface area contributed by atoms with Gasteiger partial charge in [0.2, 0.25) is 5.91 Å². The van der Waals surface area contributed by atoms with Gasteiger partial charge in [0.1, 0.15) is 0 Å². The van der Waals surface area contributed by atoms with Crippen LogP contribution in [0.4, 0.5) is 5.69 Å². The summed E-state index contributed by atoms with van der Waals surface area (Å²) in [5, 5.41) is 11.8. The highest BCUT2D eigenvalue weighted by Gasteiger charge is 2.13. The van der Waals surface area contributed by atoms with Crippen molar-refractivity contribution >= 4 is 52.5 Å². The molecule has 1 aromatic carbocycles. The van der Waals surface area contributed by atoms with Gasteiger partial charge in [0.25, 0.3) is 0 Å². The molecule has 104 valence electrons. The van der Waals surface area contributed by atoms with Crippen LogP contribution in [-0.4, -0.2) is 28.0 Å². The van der Waals surface area contributed by atoms with Crippen LogP contribution < -0.4 is 5.32 Å². The van der Waals surface area contributed by atoms with Gasteiger partial charge in [-0.3, -0.25) is 9.59 Å². The molecule has 2 N–H and O–H groups in total. The van der Waals surface area contributed by atoms with Crippen LogP contribution in [0.1, 0.15) is 13.3 Å². The van der Waals surface area contributed by atoms with E-state index >= 15 is 0 Å². The zero-order valence-corrected chi connectivity index (χ0v) is 12.5. The van der Waals surface area contributed by atoms with E-state index in [4.69, 9.17) is 28.3 Å². The number of thioether (sulfide) groups is 1. The van der Waals surface area contributed by atoms with Crippen molar-refractivity contribution in [3.05, 3.63) is 28.2 Å². The van der Waals surface area contributed by atoms with Gasteiger partial charge in [-0.2, -0.15) is 0 Å². The zero-order chi connectivity index (χ0) is 14.4. The van der Waals surface area contributed by atoms with Gasteiger partial charge in [-0.1, -0.05) is 36.2 Å². The number of hydrogen-bond donors (Lipinski definition) is 2. The number of carboxylic acids is 1. The van der Waals surface area contributed by atoms with E-state index in [2.05, 4.69) is 5.32 Å².